The topological polar surface area (TPSA) is 72.9 Å². The van der Waals surface area contributed by atoms with Gasteiger partial charge < -0.3 is 9.47 Å². The standard InChI is InChI=1S/C18H23NO5/c1-5-23-16(21)15-13(12-9-7-6-8-10-12)11-14(20)19(15)17(22)24-18(2,3)4/h6-10,13,15H,5,11H2,1-4H3/t13-,15+/m1/s1. The van der Waals surface area contributed by atoms with Gasteiger partial charge in [0, 0.05) is 12.3 Å². The molecule has 1 aromatic rings. The highest BCUT2D eigenvalue weighted by atomic mass is 16.6. The molecule has 0 saturated carbocycles. The van der Waals surface area contributed by atoms with Crippen LogP contribution in [0.3, 0.4) is 0 Å². The van der Waals surface area contributed by atoms with Crippen LogP contribution in [0.4, 0.5) is 4.79 Å². The minimum atomic E-state index is -1.00. The number of amides is 2. The van der Waals surface area contributed by atoms with Gasteiger partial charge >= 0.3 is 12.1 Å². The van der Waals surface area contributed by atoms with Gasteiger partial charge in [0.05, 0.1) is 6.61 Å². The van der Waals surface area contributed by atoms with Gasteiger partial charge in [-0.15, -0.1) is 0 Å². The van der Waals surface area contributed by atoms with Crippen molar-refractivity contribution in [3.05, 3.63) is 35.9 Å². The Morgan fingerprint density at radius 2 is 1.83 bits per heavy atom. The van der Waals surface area contributed by atoms with E-state index in [9.17, 15) is 14.4 Å². The molecule has 2 atom stereocenters. The Bertz CT molecular complexity index is 620. The molecule has 0 radical (unpaired) electrons. The van der Waals surface area contributed by atoms with E-state index in [0.717, 1.165) is 10.5 Å². The van der Waals surface area contributed by atoms with Crippen LogP contribution >= 0.6 is 0 Å². The smallest absolute Gasteiger partial charge is 0.417 e. The molecule has 24 heavy (non-hydrogen) atoms. The molecule has 2 rings (SSSR count). The molecule has 6 nitrogen and oxygen atoms in total. The molecule has 1 fully saturated rings. The molecule has 0 bridgehead atoms. The third kappa shape index (κ3) is 3.93. The van der Waals surface area contributed by atoms with Crippen LogP contribution in [0.25, 0.3) is 0 Å². The first-order valence-corrected chi connectivity index (χ1v) is 8.01. The highest BCUT2D eigenvalue weighted by Gasteiger charge is 2.50. The number of benzene rings is 1. The van der Waals surface area contributed by atoms with Gasteiger partial charge in [0.2, 0.25) is 5.91 Å². The van der Waals surface area contributed by atoms with Crippen molar-refractivity contribution in [2.45, 2.75) is 51.7 Å². The summed E-state index contributed by atoms with van der Waals surface area (Å²) < 4.78 is 10.4. The minimum absolute atomic E-state index is 0.0622. The lowest BCUT2D eigenvalue weighted by Gasteiger charge is -2.28. The van der Waals surface area contributed by atoms with E-state index in [4.69, 9.17) is 9.47 Å². The second-order valence-electron chi connectivity index (χ2n) is 6.66. The second-order valence-corrected chi connectivity index (χ2v) is 6.66. The number of ether oxygens (including phenoxy) is 2. The van der Waals surface area contributed by atoms with Gasteiger partial charge in [0.15, 0.2) is 0 Å². The largest absolute Gasteiger partial charge is 0.464 e. The summed E-state index contributed by atoms with van der Waals surface area (Å²) in [6.45, 7) is 6.98. The number of nitrogens with zero attached hydrogens (tertiary/aromatic N) is 1. The van der Waals surface area contributed by atoms with Gasteiger partial charge in [-0.05, 0) is 33.3 Å². The molecular formula is C18H23NO5. The zero-order chi connectivity index (χ0) is 17.9. The fourth-order valence-corrected chi connectivity index (χ4v) is 2.76. The van der Waals surface area contributed by atoms with Crippen molar-refractivity contribution in [3.8, 4) is 0 Å². The van der Waals surface area contributed by atoms with Gasteiger partial charge in [0.25, 0.3) is 0 Å². The summed E-state index contributed by atoms with van der Waals surface area (Å²) in [5.41, 5.74) is 0.0523. The lowest BCUT2D eigenvalue weighted by molar-refractivity contribution is -0.151. The molecule has 0 unspecified atom stereocenters. The van der Waals surface area contributed by atoms with Crippen molar-refractivity contribution in [1.29, 1.82) is 0 Å². The lowest BCUT2D eigenvalue weighted by atomic mass is 9.91. The van der Waals surface area contributed by atoms with Crippen molar-refractivity contribution >= 4 is 18.0 Å². The predicted molar refractivity (Wildman–Crippen MR) is 87.3 cm³/mol. The van der Waals surface area contributed by atoms with Gasteiger partial charge in [-0.2, -0.15) is 0 Å². The van der Waals surface area contributed by atoms with E-state index in [1.54, 1.807) is 27.7 Å². The van der Waals surface area contributed by atoms with Crippen molar-refractivity contribution in [1.82, 2.24) is 4.90 Å². The van der Waals surface area contributed by atoms with Gasteiger partial charge in [-0.1, -0.05) is 30.3 Å². The fraction of sp³-hybridized carbons (Fsp3) is 0.500. The lowest BCUT2D eigenvalue weighted by Crippen LogP contribution is -2.47. The molecule has 1 saturated heterocycles. The third-order valence-electron chi connectivity index (χ3n) is 3.67. The minimum Gasteiger partial charge on any atom is -0.464 e. The number of esters is 1. The van der Waals surface area contributed by atoms with E-state index >= 15 is 0 Å². The van der Waals surface area contributed by atoms with Crippen LogP contribution in [0.1, 0.15) is 45.6 Å². The van der Waals surface area contributed by atoms with E-state index < -0.39 is 35.5 Å². The molecule has 0 aromatic heterocycles. The molecule has 6 heteroatoms. The molecule has 1 aromatic carbocycles. The van der Waals surface area contributed by atoms with Crippen LogP contribution in [0, 0.1) is 0 Å². The second kappa shape index (κ2) is 7.03. The summed E-state index contributed by atoms with van der Waals surface area (Å²) in [6, 6.07) is 8.18. The van der Waals surface area contributed by atoms with Crippen molar-refractivity contribution in [2.24, 2.45) is 0 Å². The number of imide groups is 1. The average molecular weight is 333 g/mol. The molecule has 0 aliphatic carbocycles. The zero-order valence-electron chi connectivity index (χ0n) is 14.4. The van der Waals surface area contributed by atoms with Crippen molar-refractivity contribution in [2.75, 3.05) is 6.61 Å². The molecule has 0 N–H and O–H groups in total. The number of carbonyl (C=O) groups excluding carboxylic acids is 3. The highest BCUT2D eigenvalue weighted by molar-refractivity contribution is 6.00. The summed E-state index contributed by atoms with van der Waals surface area (Å²) in [5.74, 6) is -1.47. The quantitative estimate of drug-likeness (QED) is 0.795. The van der Waals surface area contributed by atoms with Crippen LogP contribution in [-0.4, -0.2) is 41.1 Å². The molecule has 1 heterocycles. The first kappa shape index (κ1) is 18.0. The van der Waals surface area contributed by atoms with E-state index in [-0.39, 0.29) is 13.0 Å². The Hall–Kier alpha value is -2.37. The van der Waals surface area contributed by atoms with E-state index in [1.165, 1.54) is 0 Å². The van der Waals surface area contributed by atoms with Crippen LogP contribution in [0.15, 0.2) is 30.3 Å². The van der Waals surface area contributed by atoms with Crippen LogP contribution in [0.2, 0.25) is 0 Å². The van der Waals surface area contributed by atoms with Gasteiger partial charge in [0.1, 0.15) is 11.6 Å². The highest BCUT2D eigenvalue weighted by Crippen LogP contribution is 2.36. The maximum absolute atomic E-state index is 12.4. The number of likely N-dealkylation sites (tertiary alicyclic amines) is 1. The molecule has 1 aliphatic rings. The summed E-state index contributed by atoms with van der Waals surface area (Å²) in [4.78, 5) is 38.2. The fourth-order valence-electron chi connectivity index (χ4n) is 2.76. The molecule has 1 aliphatic heterocycles. The van der Waals surface area contributed by atoms with E-state index in [2.05, 4.69) is 0 Å². The Kier molecular flexibility index (Phi) is 5.26. The Labute approximate surface area is 141 Å². The first-order valence-electron chi connectivity index (χ1n) is 8.01. The van der Waals surface area contributed by atoms with Gasteiger partial charge in [-0.25, -0.2) is 14.5 Å². The first-order chi connectivity index (χ1) is 11.2. The van der Waals surface area contributed by atoms with Crippen LogP contribution in [0.5, 0.6) is 0 Å². The van der Waals surface area contributed by atoms with Crippen LogP contribution in [-0.2, 0) is 19.1 Å². The number of carbonyl (C=O) groups is 3. The van der Waals surface area contributed by atoms with Crippen LogP contribution < -0.4 is 0 Å². The zero-order valence-corrected chi connectivity index (χ0v) is 14.4. The normalized spacial score (nSPS) is 20.8. The summed E-state index contributed by atoms with van der Waals surface area (Å²) in [5, 5.41) is 0. The molecular weight excluding hydrogens is 310 g/mol. The maximum atomic E-state index is 12.4. The Morgan fingerprint density at radius 1 is 1.21 bits per heavy atom. The number of rotatable bonds is 3. The number of hydrogen-bond donors (Lipinski definition) is 0. The number of hydrogen-bond acceptors (Lipinski definition) is 5. The summed E-state index contributed by atoms with van der Waals surface area (Å²) in [7, 11) is 0. The summed E-state index contributed by atoms with van der Waals surface area (Å²) >= 11 is 0. The Morgan fingerprint density at radius 3 is 2.38 bits per heavy atom. The van der Waals surface area contributed by atoms with Crippen molar-refractivity contribution < 1.29 is 23.9 Å². The van der Waals surface area contributed by atoms with E-state index in [0.29, 0.717) is 0 Å². The molecule has 0 spiro atoms. The predicted octanol–water partition coefficient (Wildman–Crippen LogP) is 2.87. The average Bonchev–Trinajstić information content (AvgIpc) is 2.84. The third-order valence-corrected chi connectivity index (χ3v) is 3.67. The van der Waals surface area contributed by atoms with Gasteiger partial charge in [-0.3, -0.25) is 4.79 Å². The Balaban J connectivity index is 2.36. The molecule has 2 amide bonds. The van der Waals surface area contributed by atoms with Crippen molar-refractivity contribution in [3.63, 3.8) is 0 Å². The van der Waals surface area contributed by atoms with E-state index in [1.807, 2.05) is 30.3 Å². The maximum Gasteiger partial charge on any atom is 0.417 e. The summed E-state index contributed by atoms with van der Waals surface area (Å²) in [6.07, 6.45) is -0.754. The SMILES string of the molecule is CCOC(=O)[C@@H]1[C@@H](c2ccccc2)CC(=O)N1C(=O)OC(C)(C)C. The monoisotopic (exact) mass is 333 g/mol. The molecule has 130 valence electrons.